The predicted molar refractivity (Wildman–Crippen MR) is 54.1 cm³/mol. The minimum atomic E-state index is -4.28. The number of alkyl halides is 3. The van der Waals surface area contributed by atoms with E-state index in [1.165, 1.54) is 17.4 Å². The number of thiophene rings is 1. The average molecular weight is 234 g/mol. The van der Waals surface area contributed by atoms with Crippen molar-refractivity contribution in [3.8, 4) is 0 Å². The zero-order valence-electron chi connectivity index (χ0n) is 6.80. The molecule has 0 saturated carbocycles. The van der Waals surface area contributed by atoms with Crippen molar-refractivity contribution in [3.63, 3.8) is 0 Å². The third-order valence-electron chi connectivity index (χ3n) is 1.88. The molecule has 0 atom stereocenters. The van der Waals surface area contributed by atoms with Crippen LogP contribution in [-0.2, 0) is 6.18 Å². The van der Waals surface area contributed by atoms with Crippen LogP contribution in [0.5, 0.6) is 0 Å². The van der Waals surface area contributed by atoms with Crippen LogP contribution in [0.25, 0.3) is 10.1 Å². The molecule has 0 aliphatic carbocycles. The van der Waals surface area contributed by atoms with E-state index in [4.69, 9.17) is 0 Å². The molecule has 0 bridgehead atoms. The number of hydrogen-bond donors (Lipinski definition) is 1. The Hall–Kier alpha value is -0.680. The smallest absolute Gasteiger partial charge is 0.166 e. The molecule has 2 aromatic rings. The molecule has 2 rings (SSSR count). The summed E-state index contributed by atoms with van der Waals surface area (Å²) in [6.07, 6.45) is -4.28. The van der Waals surface area contributed by atoms with Crippen LogP contribution in [0.4, 0.5) is 13.2 Å². The molecule has 0 aliphatic heterocycles. The highest BCUT2D eigenvalue weighted by atomic mass is 32.1. The Morgan fingerprint density at radius 1 is 1.21 bits per heavy atom. The number of halogens is 3. The Bertz CT molecular complexity index is 470. The van der Waals surface area contributed by atoms with E-state index in [2.05, 4.69) is 12.6 Å². The third kappa shape index (κ3) is 1.62. The second-order valence-electron chi connectivity index (χ2n) is 2.83. The molecule has 0 N–H and O–H groups in total. The van der Waals surface area contributed by atoms with E-state index in [9.17, 15) is 13.2 Å². The van der Waals surface area contributed by atoms with Crippen molar-refractivity contribution < 1.29 is 13.2 Å². The van der Waals surface area contributed by atoms with Crippen molar-refractivity contribution >= 4 is 34.1 Å². The Morgan fingerprint density at radius 3 is 2.57 bits per heavy atom. The Morgan fingerprint density at radius 2 is 1.93 bits per heavy atom. The van der Waals surface area contributed by atoms with Crippen molar-refractivity contribution in [2.45, 2.75) is 11.1 Å². The quantitative estimate of drug-likeness (QED) is 0.648. The van der Waals surface area contributed by atoms with E-state index in [-0.39, 0.29) is 0 Å². The van der Waals surface area contributed by atoms with Gasteiger partial charge in [-0.15, -0.1) is 24.0 Å². The molecule has 1 heterocycles. The molecule has 0 saturated heterocycles. The van der Waals surface area contributed by atoms with Gasteiger partial charge < -0.3 is 0 Å². The molecule has 0 aliphatic rings. The summed E-state index contributed by atoms with van der Waals surface area (Å²) in [4.78, 5) is 0.594. The lowest BCUT2D eigenvalue weighted by Gasteiger charge is -2.05. The van der Waals surface area contributed by atoms with Crippen LogP contribution in [0.2, 0.25) is 0 Å². The molecular weight excluding hydrogens is 229 g/mol. The second kappa shape index (κ2) is 3.17. The molecule has 1 aromatic heterocycles. The maximum Gasteiger partial charge on any atom is 0.416 e. The minimum absolute atomic E-state index is 0.563. The van der Waals surface area contributed by atoms with Crippen molar-refractivity contribution in [3.05, 3.63) is 29.1 Å². The summed E-state index contributed by atoms with van der Waals surface area (Å²) in [5.74, 6) is 0. The van der Waals surface area contributed by atoms with Crippen molar-refractivity contribution in [2.24, 2.45) is 0 Å². The summed E-state index contributed by atoms with van der Waals surface area (Å²) >= 11 is 5.48. The van der Waals surface area contributed by atoms with E-state index in [1.54, 1.807) is 5.38 Å². The maximum absolute atomic E-state index is 12.3. The number of thiol groups is 1. The van der Waals surface area contributed by atoms with E-state index in [0.717, 1.165) is 16.8 Å². The van der Waals surface area contributed by atoms with Gasteiger partial charge in [-0.2, -0.15) is 13.2 Å². The Balaban J connectivity index is 2.66. The van der Waals surface area contributed by atoms with E-state index in [0.29, 0.717) is 10.3 Å². The van der Waals surface area contributed by atoms with Gasteiger partial charge in [0.05, 0.1) is 5.56 Å². The fourth-order valence-electron chi connectivity index (χ4n) is 1.19. The first-order valence-corrected chi connectivity index (χ1v) is 5.08. The number of hydrogen-bond acceptors (Lipinski definition) is 2. The van der Waals surface area contributed by atoms with Crippen LogP contribution in [0.3, 0.4) is 0 Å². The van der Waals surface area contributed by atoms with Gasteiger partial charge in [0.25, 0.3) is 0 Å². The largest absolute Gasteiger partial charge is 0.416 e. The molecule has 0 fully saturated rings. The molecule has 0 spiro atoms. The van der Waals surface area contributed by atoms with Crippen molar-refractivity contribution in [2.75, 3.05) is 0 Å². The number of rotatable bonds is 0. The van der Waals surface area contributed by atoms with Crippen LogP contribution < -0.4 is 0 Å². The topological polar surface area (TPSA) is 0 Å². The zero-order valence-corrected chi connectivity index (χ0v) is 8.51. The summed E-state index contributed by atoms with van der Waals surface area (Å²) in [7, 11) is 0. The summed E-state index contributed by atoms with van der Waals surface area (Å²) in [5.41, 5.74) is -0.626. The summed E-state index contributed by atoms with van der Waals surface area (Å²) in [6, 6.07) is 3.70. The minimum Gasteiger partial charge on any atom is -0.166 e. The first-order valence-electron chi connectivity index (χ1n) is 3.76. The standard InChI is InChI=1S/C9H5F3S2/c10-9(11,12)5-1-2-8-6(3-5)7(13)4-14-8/h1-4,13H. The van der Waals surface area contributed by atoms with Crippen molar-refractivity contribution in [1.82, 2.24) is 0 Å². The zero-order chi connectivity index (χ0) is 10.3. The SMILES string of the molecule is FC(F)(F)c1ccc2scc(S)c2c1. The van der Waals surface area contributed by atoms with Gasteiger partial charge in [0, 0.05) is 20.4 Å². The summed E-state index contributed by atoms with van der Waals surface area (Å²) in [5, 5.41) is 2.29. The van der Waals surface area contributed by atoms with Gasteiger partial charge in [-0.1, -0.05) is 0 Å². The normalized spacial score (nSPS) is 12.3. The lowest BCUT2D eigenvalue weighted by atomic mass is 10.1. The molecule has 1 aromatic carbocycles. The molecule has 5 heteroatoms. The van der Waals surface area contributed by atoms with Gasteiger partial charge in [-0.3, -0.25) is 0 Å². The molecule has 0 unspecified atom stereocenters. The van der Waals surface area contributed by atoms with Crippen LogP contribution in [0.15, 0.2) is 28.5 Å². The van der Waals surface area contributed by atoms with E-state index < -0.39 is 11.7 Å². The monoisotopic (exact) mass is 234 g/mol. The molecule has 0 nitrogen and oxygen atoms in total. The number of benzene rings is 1. The first kappa shape index (κ1) is 9.86. The highest BCUT2D eigenvalue weighted by Crippen LogP contribution is 2.35. The number of fused-ring (bicyclic) bond motifs is 1. The fraction of sp³-hybridized carbons (Fsp3) is 0.111. The summed E-state index contributed by atoms with van der Waals surface area (Å²) < 4.78 is 37.8. The average Bonchev–Trinajstić information content (AvgIpc) is 2.46. The fourth-order valence-corrected chi connectivity index (χ4v) is 2.42. The Labute approximate surface area is 87.8 Å². The third-order valence-corrected chi connectivity index (χ3v) is 3.39. The summed E-state index contributed by atoms with van der Waals surface area (Å²) in [6.45, 7) is 0. The van der Waals surface area contributed by atoms with Gasteiger partial charge in [0.15, 0.2) is 0 Å². The highest BCUT2D eigenvalue weighted by Gasteiger charge is 2.30. The van der Waals surface area contributed by atoms with Gasteiger partial charge in [0.2, 0.25) is 0 Å². The second-order valence-corrected chi connectivity index (χ2v) is 4.22. The van der Waals surface area contributed by atoms with Crippen LogP contribution in [0, 0.1) is 0 Å². The van der Waals surface area contributed by atoms with Crippen LogP contribution >= 0.6 is 24.0 Å². The predicted octanol–water partition coefficient (Wildman–Crippen LogP) is 4.21. The lowest BCUT2D eigenvalue weighted by Crippen LogP contribution is -2.03. The van der Waals surface area contributed by atoms with E-state index >= 15 is 0 Å². The van der Waals surface area contributed by atoms with Gasteiger partial charge in [-0.25, -0.2) is 0 Å². The van der Waals surface area contributed by atoms with Crippen molar-refractivity contribution in [1.29, 1.82) is 0 Å². The van der Waals surface area contributed by atoms with Crippen LogP contribution in [0.1, 0.15) is 5.56 Å². The molecule has 0 amide bonds. The first-order chi connectivity index (χ1) is 6.48. The maximum atomic E-state index is 12.3. The molecular formula is C9H5F3S2. The molecule has 0 radical (unpaired) electrons. The highest BCUT2D eigenvalue weighted by molar-refractivity contribution is 7.80. The lowest BCUT2D eigenvalue weighted by molar-refractivity contribution is -0.137. The van der Waals surface area contributed by atoms with E-state index in [1.807, 2.05) is 0 Å². The molecule has 74 valence electrons. The van der Waals surface area contributed by atoms with Crippen LogP contribution in [-0.4, -0.2) is 0 Å². The van der Waals surface area contributed by atoms with Gasteiger partial charge >= 0.3 is 6.18 Å². The van der Waals surface area contributed by atoms with Gasteiger partial charge in [-0.05, 0) is 18.2 Å². The Kier molecular flexibility index (Phi) is 2.23. The van der Waals surface area contributed by atoms with Gasteiger partial charge in [0.1, 0.15) is 0 Å². The molecule has 14 heavy (non-hydrogen) atoms.